The van der Waals surface area contributed by atoms with Crippen LogP contribution in [0.4, 0.5) is 0 Å². The van der Waals surface area contributed by atoms with Crippen molar-refractivity contribution in [1.82, 2.24) is 4.90 Å². The minimum atomic E-state index is -3.59. The Morgan fingerprint density at radius 2 is 1.65 bits per heavy atom. The molecule has 2 aliphatic rings. The Morgan fingerprint density at radius 1 is 1.09 bits per heavy atom. The van der Waals surface area contributed by atoms with Crippen LogP contribution in [-0.4, -0.2) is 83.3 Å². The molecule has 0 N–H and O–H groups in total. The van der Waals surface area contributed by atoms with Crippen LogP contribution < -0.4 is 0 Å². The molecule has 0 radical (unpaired) electrons. The van der Waals surface area contributed by atoms with Gasteiger partial charge in [-0.1, -0.05) is 0 Å². The quantitative estimate of drug-likeness (QED) is 0.647. The number of hydrogen-bond acceptors (Lipinski definition) is 8. The highest BCUT2D eigenvalue weighted by Gasteiger charge is 2.60. The van der Waals surface area contributed by atoms with Crippen LogP contribution >= 0.6 is 0 Å². The van der Waals surface area contributed by atoms with Gasteiger partial charge in [0, 0.05) is 7.11 Å². The third kappa shape index (κ3) is 4.04. The number of likely N-dealkylation sites (N-methyl/N-ethyl adjacent to an activating group) is 1. The maximum absolute atomic E-state index is 11.4. The first kappa shape index (κ1) is 19.0. The zero-order valence-corrected chi connectivity index (χ0v) is 15.5. The summed E-state index contributed by atoms with van der Waals surface area (Å²) in [5.41, 5.74) is -0.946. The Bertz CT molecular complexity index is 535. The second-order valence-electron chi connectivity index (χ2n) is 6.97. The molecule has 2 heterocycles. The van der Waals surface area contributed by atoms with Gasteiger partial charge in [-0.3, -0.25) is 4.18 Å². The second-order valence-corrected chi connectivity index (χ2v) is 8.62. The largest absolute Gasteiger partial charge is 0.353 e. The van der Waals surface area contributed by atoms with E-state index in [2.05, 4.69) is 0 Å². The highest BCUT2D eigenvalue weighted by Crippen LogP contribution is 2.43. The first-order valence-corrected chi connectivity index (χ1v) is 9.27. The van der Waals surface area contributed by atoms with E-state index in [4.69, 9.17) is 23.1 Å². The van der Waals surface area contributed by atoms with E-state index in [-0.39, 0.29) is 18.8 Å². The van der Waals surface area contributed by atoms with Gasteiger partial charge in [-0.25, -0.2) is 0 Å². The van der Waals surface area contributed by atoms with Crippen LogP contribution in [0.5, 0.6) is 0 Å². The van der Waals surface area contributed by atoms with Crippen LogP contribution in [0, 0.1) is 0 Å². The summed E-state index contributed by atoms with van der Waals surface area (Å²) < 4.78 is 51.2. The van der Waals surface area contributed by atoms with E-state index < -0.39 is 33.9 Å². The molecule has 0 aromatic rings. The van der Waals surface area contributed by atoms with Crippen LogP contribution in [0.1, 0.15) is 20.8 Å². The van der Waals surface area contributed by atoms with Gasteiger partial charge in [0.05, 0.1) is 18.9 Å². The number of methoxy groups -OCH3 is 1. The Kier molecular flexibility index (Phi) is 5.14. The molecule has 0 spiro atoms. The summed E-state index contributed by atoms with van der Waals surface area (Å²) in [7, 11) is 1.69. The molecule has 1 unspecified atom stereocenters. The molecular weight excluding hydrogens is 326 g/mol. The SMILES string of the molecule is CO[C@H]1OC(C)(COS(C)(=O)=O)[C@H](N(C)C)[C@@H]2OC(C)(C)O[C@H]12. The van der Waals surface area contributed by atoms with E-state index in [0.717, 1.165) is 6.26 Å². The molecule has 0 amide bonds. The Labute approximate surface area is 138 Å². The molecule has 0 aliphatic carbocycles. The van der Waals surface area contributed by atoms with E-state index in [1.165, 1.54) is 7.11 Å². The van der Waals surface area contributed by atoms with Crippen LogP contribution in [0.25, 0.3) is 0 Å². The summed E-state index contributed by atoms with van der Waals surface area (Å²) in [6.07, 6.45) is -0.412. The lowest BCUT2D eigenvalue weighted by Crippen LogP contribution is -2.68. The smallest absolute Gasteiger partial charge is 0.264 e. The molecular formula is C14H27NO7S. The van der Waals surface area contributed by atoms with E-state index in [0.29, 0.717) is 0 Å². The molecule has 0 aromatic heterocycles. The molecule has 2 aliphatic heterocycles. The fourth-order valence-electron chi connectivity index (χ4n) is 3.39. The number of hydrogen-bond donors (Lipinski definition) is 0. The van der Waals surface area contributed by atoms with Crippen molar-refractivity contribution in [2.45, 2.75) is 56.7 Å². The monoisotopic (exact) mass is 353 g/mol. The molecule has 2 fully saturated rings. The third-order valence-corrected chi connectivity index (χ3v) is 4.65. The number of rotatable bonds is 5. The van der Waals surface area contributed by atoms with Crippen LogP contribution in [0.3, 0.4) is 0 Å². The zero-order valence-electron chi connectivity index (χ0n) is 14.7. The van der Waals surface area contributed by atoms with E-state index >= 15 is 0 Å². The van der Waals surface area contributed by atoms with Crippen molar-refractivity contribution in [3.05, 3.63) is 0 Å². The number of fused-ring (bicyclic) bond motifs is 1. The minimum Gasteiger partial charge on any atom is -0.353 e. The average molecular weight is 353 g/mol. The van der Waals surface area contributed by atoms with Crippen molar-refractivity contribution >= 4 is 10.1 Å². The molecule has 0 aromatic carbocycles. The first-order valence-electron chi connectivity index (χ1n) is 7.46. The van der Waals surface area contributed by atoms with Crippen LogP contribution in [0.2, 0.25) is 0 Å². The Balaban J connectivity index is 2.34. The second kappa shape index (κ2) is 6.21. The minimum absolute atomic E-state index is 0.137. The molecule has 9 heteroatoms. The predicted octanol–water partition coefficient (Wildman–Crippen LogP) is 0.174. The zero-order chi connectivity index (χ0) is 17.6. The lowest BCUT2D eigenvalue weighted by atomic mass is 9.85. The fraction of sp³-hybridized carbons (Fsp3) is 1.00. The summed E-state index contributed by atoms with van der Waals surface area (Å²) >= 11 is 0. The molecule has 0 saturated carbocycles. The van der Waals surface area contributed by atoms with Gasteiger partial charge >= 0.3 is 0 Å². The van der Waals surface area contributed by atoms with Gasteiger partial charge < -0.3 is 23.8 Å². The normalized spacial score (nSPS) is 40.3. The molecule has 8 nitrogen and oxygen atoms in total. The van der Waals surface area contributed by atoms with Crippen molar-refractivity contribution in [2.75, 3.05) is 34.1 Å². The van der Waals surface area contributed by atoms with Gasteiger partial charge in [0.2, 0.25) is 0 Å². The first-order chi connectivity index (χ1) is 10.4. The Hall–Kier alpha value is -0.290. The lowest BCUT2D eigenvalue weighted by Gasteiger charge is -2.50. The van der Waals surface area contributed by atoms with Gasteiger partial charge in [0.25, 0.3) is 10.1 Å². The van der Waals surface area contributed by atoms with Crippen molar-refractivity contribution in [3.63, 3.8) is 0 Å². The van der Waals surface area contributed by atoms with Gasteiger partial charge in [-0.2, -0.15) is 8.42 Å². The van der Waals surface area contributed by atoms with E-state index in [1.807, 2.05) is 32.8 Å². The molecule has 23 heavy (non-hydrogen) atoms. The van der Waals surface area contributed by atoms with Crippen molar-refractivity contribution < 1.29 is 31.5 Å². The topological polar surface area (TPSA) is 83.5 Å². The average Bonchev–Trinajstić information content (AvgIpc) is 2.69. The van der Waals surface area contributed by atoms with Gasteiger partial charge in [-0.15, -0.1) is 0 Å². The van der Waals surface area contributed by atoms with E-state index in [9.17, 15) is 8.42 Å². The van der Waals surface area contributed by atoms with Crippen LogP contribution in [-0.2, 0) is 33.2 Å². The van der Waals surface area contributed by atoms with Gasteiger partial charge in [0.1, 0.15) is 17.8 Å². The summed E-state index contributed by atoms with van der Waals surface area (Å²) in [5, 5.41) is 0. The molecule has 2 saturated heterocycles. The van der Waals surface area contributed by atoms with Crippen molar-refractivity contribution in [3.8, 4) is 0 Å². The number of nitrogens with zero attached hydrogens (tertiary/aromatic N) is 1. The van der Waals surface area contributed by atoms with E-state index in [1.54, 1.807) is 6.92 Å². The third-order valence-electron chi connectivity index (χ3n) is 4.10. The highest BCUT2D eigenvalue weighted by atomic mass is 32.2. The van der Waals surface area contributed by atoms with Crippen LogP contribution in [0.15, 0.2) is 0 Å². The summed E-state index contributed by atoms with van der Waals surface area (Å²) in [6, 6.07) is -0.276. The van der Waals surface area contributed by atoms with Gasteiger partial charge in [0.15, 0.2) is 12.1 Å². The highest BCUT2D eigenvalue weighted by molar-refractivity contribution is 7.85. The lowest BCUT2D eigenvalue weighted by molar-refractivity contribution is -0.294. The molecule has 0 bridgehead atoms. The molecule has 2 rings (SSSR count). The summed E-state index contributed by atoms with van der Waals surface area (Å²) in [5.74, 6) is -0.771. The van der Waals surface area contributed by atoms with Crippen molar-refractivity contribution in [2.24, 2.45) is 0 Å². The molecule has 136 valence electrons. The maximum atomic E-state index is 11.4. The predicted molar refractivity (Wildman–Crippen MR) is 82.4 cm³/mol. The van der Waals surface area contributed by atoms with Crippen molar-refractivity contribution in [1.29, 1.82) is 0 Å². The standard InChI is InChI=1S/C14H27NO7S/c1-13(2)20-9-10(21-13)12(18-6)22-14(3,11(9)15(4)5)8-19-23(7,16)17/h9-12H,8H2,1-7H3/t9-,10+,11-,12+,14?/m1/s1. The summed E-state index contributed by atoms with van der Waals surface area (Å²) in [6.45, 7) is 5.31. The Morgan fingerprint density at radius 3 is 2.13 bits per heavy atom. The maximum Gasteiger partial charge on any atom is 0.264 e. The summed E-state index contributed by atoms with van der Waals surface area (Å²) in [4.78, 5) is 1.93. The molecule has 5 atom stereocenters. The fourth-order valence-corrected chi connectivity index (χ4v) is 3.84. The number of ether oxygens (including phenoxy) is 4. The van der Waals surface area contributed by atoms with Gasteiger partial charge in [-0.05, 0) is 34.9 Å².